The molecular formula is C19H34N2O9. The molecule has 1 unspecified atom stereocenters. The van der Waals surface area contributed by atoms with E-state index in [4.69, 9.17) is 14.2 Å². The van der Waals surface area contributed by atoms with Crippen LogP contribution in [0.1, 0.15) is 53.4 Å². The molecule has 11 nitrogen and oxygen atoms in total. The number of hydrogen-bond acceptors (Lipinski definition) is 9. The number of carbonyl (C=O) groups excluding carboxylic acids is 3. The van der Waals surface area contributed by atoms with Crippen molar-refractivity contribution in [2.45, 2.75) is 89.6 Å². The Hall–Kier alpha value is -1.95. The topological polar surface area (TPSA) is 164 Å². The maximum Gasteiger partial charge on any atom is 0.407 e. The predicted octanol–water partition coefficient (Wildman–Crippen LogP) is -0.442. The van der Waals surface area contributed by atoms with E-state index >= 15 is 0 Å². The quantitative estimate of drug-likeness (QED) is 0.239. The molecule has 174 valence electrons. The summed E-state index contributed by atoms with van der Waals surface area (Å²) in [6.07, 6.45) is -5.17. The summed E-state index contributed by atoms with van der Waals surface area (Å²) in [6, 6.07) is -1.19. The van der Waals surface area contributed by atoms with E-state index in [1.807, 2.05) is 0 Å². The summed E-state index contributed by atoms with van der Waals surface area (Å²) < 4.78 is 15.3. The second kappa shape index (κ2) is 12.0. The monoisotopic (exact) mass is 434 g/mol. The van der Waals surface area contributed by atoms with E-state index in [0.717, 1.165) is 0 Å². The summed E-state index contributed by atoms with van der Waals surface area (Å²) in [4.78, 5) is 35.0. The Bertz CT molecular complexity index is 579. The first-order valence-electron chi connectivity index (χ1n) is 10.1. The third-order valence-corrected chi connectivity index (χ3v) is 4.16. The molecule has 30 heavy (non-hydrogen) atoms. The van der Waals surface area contributed by atoms with Crippen molar-refractivity contribution in [1.82, 2.24) is 10.6 Å². The lowest BCUT2D eigenvalue weighted by atomic mass is 9.97. The summed E-state index contributed by atoms with van der Waals surface area (Å²) in [5.74, 6) is -0.986. The second-order valence-corrected chi connectivity index (χ2v) is 8.10. The van der Waals surface area contributed by atoms with E-state index < -0.39 is 48.3 Å². The van der Waals surface area contributed by atoms with E-state index in [-0.39, 0.29) is 31.9 Å². The summed E-state index contributed by atoms with van der Waals surface area (Å²) in [5.41, 5.74) is -0.614. The molecule has 1 heterocycles. The molecule has 0 spiro atoms. The van der Waals surface area contributed by atoms with Crippen LogP contribution >= 0.6 is 0 Å². The maximum absolute atomic E-state index is 11.8. The molecule has 1 saturated heterocycles. The number of nitrogens with one attached hydrogen (secondary N) is 2. The Morgan fingerprint density at radius 1 is 1.07 bits per heavy atom. The predicted molar refractivity (Wildman–Crippen MR) is 104 cm³/mol. The van der Waals surface area contributed by atoms with Gasteiger partial charge in [-0.15, -0.1) is 0 Å². The number of aliphatic hydroxyl groups is 3. The van der Waals surface area contributed by atoms with Crippen LogP contribution in [0.15, 0.2) is 0 Å². The van der Waals surface area contributed by atoms with E-state index in [0.29, 0.717) is 12.8 Å². The largest absolute Gasteiger partial charge is 0.463 e. The van der Waals surface area contributed by atoms with Crippen molar-refractivity contribution in [3.63, 3.8) is 0 Å². The van der Waals surface area contributed by atoms with Gasteiger partial charge in [-0.3, -0.25) is 9.59 Å². The minimum Gasteiger partial charge on any atom is -0.463 e. The van der Waals surface area contributed by atoms with Gasteiger partial charge in [0, 0.05) is 19.4 Å². The average molecular weight is 434 g/mol. The van der Waals surface area contributed by atoms with E-state index in [1.54, 1.807) is 27.7 Å². The van der Waals surface area contributed by atoms with Gasteiger partial charge in [0.05, 0.1) is 0 Å². The maximum atomic E-state index is 11.8. The van der Waals surface area contributed by atoms with Crippen LogP contribution in [0.3, 0.4) is 0 Å². The zero-order valence-corrected chi connectivity index (χ0v) is 17.9. The Morgan fingerprint density at radius 2 is 1.73 bits per heavy atom. The Morgan fingerprint density at radius 3 is 2.33 bits per heavy atom. The Kier molecular flexibility index (Phi) is 10.5. The standard InChI is InChI=1S/C19H34N2O9/c1-5-7-12(22)21-14-16(25)15(24)11(29-17(14)26)10-28-13(23)8-6-9-20-18(27)30-19(2,3)4/h11,14-17,24-26H,5-10H2,1-4H3,(H,20,27)(H,21,22)/t11-,14-,15-,16-,17?/m1/s1. The van der Waals surface area contributed by atoms with Gasteiger partial charge in [0.25, 0.3) is 0 Å². The summed E-state index contributed by atoms with van der Waals surface area (Å²) in [6.45, 7) is 6.84. The summed E-state index contributed by atoms with van der Waals surface area (Å²) >= 11 is 0. The zero-order chi connectivity index (χ0) is 22.9. The average Bonchev–Trinajstić information content (AvgIpc) is 2.63. The molecule has 1 rings (SSSR count). The highest BCUT2D eigenvalue weighted by molar-refractivity contribution is 5.76. The Labute approximate surface area is 176 Å². The first kappa shape index (κ1) is 26.1. The molecule has 0 aromatic carbocycles. The van der Waals surface area contributed by atoms with Crippen LogP contribution < -0.4 is 10.6 Å². The fourth-order valence-corrected chi connectivity index (χ4v) is 2.71. The molecule has 1 fully saturated rings. The first-order valence-corrected chi connectivity index (χ1v) is 10.1. The van der Waals surface area contributed by atoms with Gasteiger partial charge in [-0.05, 0) is 33.6 Å². The molecule has 0 aromatic rings. The van der Waals surface area contributed by atoms with Crippen LogP contribution in [-0.4, -0.2) is 82.7 Å². The van der Waals surface area contributed by atoms with E-state index in [9.17, 15) is 29.7 Å². The third-order valence-electron chi connectivity index (χ3n) is 4.16. The number of ether oxygens (including phenoxy) is 3. The molecule has 5 N–H and O–H groups in total. The molecule has 0 aromatic heterocycles. The van der Waals surface area contributed by atoms with Gasteiger partial charge in [0.2, 0.25) is 5.91 Å². The van der Waals surface area contributed by atoms with Gasteiger partial charge in [0.1, 0.15) is 36.6 Å². The second-order valence-electron chi connectivity index (χ2n) is 8.10. The number of esters is 1. The van der Waals surface area contributed by atoms with Gasteiger partial charge in [-0.1, -0.05) is 6.92 Å². The molecular weight excluding hydrogens is 400 g/mol. The van der Waals surface area contributed by atoms with Crippen LogP contribution in [0.5, 0.6) is 0 Å². The highest BCUT2D eigenvalue weighted by Crippen LogP contribution is 2.20. The molecule has 1 aliphatic rings. The van der Waals surface area contributed by atoms with Gasteiger partial charge < -0.3 is 40.2 Å². The number of rotatable bonds is 9. The van der Waals surface area contributed by atoms with Gasteiger partial charge in [0.15, 0.2) is 6.29 Å². The van der Waals surface area contributed by atoms with E-state index in [1.165, 1.54) is 0 Å². The smallest absolute Gasteiger partial charge is 0.407 e. The van der Waals surface area contributed by atoms with Crippen molar-refractivity contribution >= 4 is 18.0 Å². The van der Waals surface area contributed by atoms with Crippen LogP contribution in [0, 0.1) is 0 Å². The van der Waals surface area contributed by atoms with Crippen molar-refractivity contribution in [2.75, 3.05) is 13.2 Å². The van der Waals surface area contributed by atoms with Crippen molar-refractivity contribution in [2.24, 2.45) is 0 Å². The summed E-state index contributed by atoms with van der Waals surface area (Å²) in [7, 11) is 0. The lowest BCUT2D eigenvalue weighted by Crippen LogP contribution is -2.64. The van der Waals surface area contributed by atoms with Gasteiger partial charge in [-0.2, -0.15) is 0 Å². The molecule has 11 heteroatoms. The number of hydrogen-bond donors (Lipinski definition) is 5. The zero-order valence-electron chi connectivity index (χ0n) is 17.9. The summed E-state index contributed by atoms with van der Waals surface area (Å²) in [5, 5.41) is 35.3. The third kappa shape index (κ3) is 9.24. The van der Waals surface area contributed by atoms with Crippen molar-refractivity contribution in [3.05, 3.63) is 0 Å². The van der Waals surface area contributed by atoms with Gasteiger partial charge >= 0.3 is 12.1 Å². The molecule has 0 aliphatic carbocycles. The van der Waals surface area contributed by atoms with Crippen molar-refractivity contribution in [3.8, 4) is 0 Å². The lowest BCUT2D eigenvalue weighted by Gasteiger charge is -2.40. The SMILES string of the molecule is CCCC(=O)N[C@H]1C(O)O[C@H](COC(=O)CCCNC(=O)OC(C)(C)C)[C@@H](O)[C@@H]1O. The molecule has 5 atom stereocenters. The van der Waals surface area contributed by atoms with Crippen LogP contribution in [0.2, 0.25) is 0 Å². The van der Waals surface area contributed by atoms with Crippen LogP contribution in [-0.2, 0) is 23.8 Å². The molecule has 0 saturated carbocycles. The Balaban J connectivity index is 2.34. The van der Waals surface area contributed by atoms with Crippen molar-refractivity contribution in [1.29, 1.82) is 0 Å². The molecule has 0 radical (unpaired) electrons. The van der Waals surface area contributed by atoms with Gasteiger partial charge in [-0.25, -0.2) is 4.79 Å². The number of aliphatic hydroxyl groups excluding tert-OH is 3. The van der Waals surface area contributed by atoms with E-state index in [2.05, 4.69) is 10.6 Å². The minimum atomic E-state index is -1.56. The normalized spacial score (nSPS) is 26.6. The number of alkyl carbamates (subject to hydrolysis) is 1. The molecule has 1 aliphatic heterocycles. The fraction of sp³-hybridized carbons (Fsp3) is 0.842. The van der Waals surface area contributed by atoms with Crippen LogP contribution in [0.25, 0.3) is 0 Å². The number of amides is 2. The minimum absolute atomic E-state index is 0.000575. The molecule has 2 amide bonds. The number of carbonyl (C=O) groups is 3. The fourth-order valence-electron chi connectivity index (χ4n) is 2.71. The lowest BCUT2D eigenvalue weighted by molar-refractivity contribution is -0.255. The molecule has 0 bridgehead atoms. The highest BCUT2D eigenvalue weighted by Gasteiger charge is 2.44. The van der Waals surface area contributed by atoms with Crippen molar-refractivity contribution < 1.29 is 43.9 Å². The highest BCUT2D eigenvalue weighted by atomic mass is 16.6. The van der Waals surface area contributed by atoms with Crippen LogP contribution in [0.4, 0.5) is 4.79 Å². The first-order chi connectivity index (χ1) is 13.9.